The van der Waals surface area contributed by atoms with Crippen LogP contribution in [0.1, 0.15) is 0 Å². The van der Waals surface area contributed by atoms with E-state index in [1.54, 1.807) is 30.3 Å². The second-order valence-corrected chi connectivity index (χ2v) is 6.95. The third-order valence-corrected chi connectivity index (χ3v) is 5.48. The van der Waals surface area contributed by atoms with E-state index >= 15 is 0 Å². The summed E-state index contributed by atoms with van der Waals surface area (Å²) >= 11 is 1.70. The highest BCUT2D eigenvalue weighted by Gasteiger charge is 2.23. The lowest BCUT2D eigenvalue weighted by molar-refractivity contribution is 0.644. The molecule has 0 saturated carbocycles. The Morgan fingerprint density at radius 1 is 0.880 bits per heavy atom. The molecule has 5 rings (SSSR count). The molecule has 0 aromatic carbocycles. The van der Waals surface area contributed by atoms with Gasteiger partial charge in [0.2, 0.25) is 0 Å². The zero-order valence-corrected chi connectivity index (χ0v) is 14.5. The highest BCUT2D eigenvalue weighted by Crippen LogP contribution is 2.29. The molecule has 1 fully saturated rings. The zero-order chi connectivity index (χ0) is 16.8. The molecule has 0 radical (unpaired) electrons. The molecule has 1 saturated heterocycles. The molecule has 1 aliphatic heterocycles. The molecule has 8 nitrogen and oxygen atoms in total. The molecule has 5 heterocycles. The van der Waals surface area contributed by atoms with Crippen molar-refractivity contribution in [3.63, 3.8) is 0 Å². The van der Waals surface area contributed by atoms with Crippen LogP contribution in [0.3, 0.4) is 0 Å². The zero-order valence-electron chi connectivity index (χ0n) is 13.7. The Kier molecular flexibility index (Phi) is 3.27. The minimum absolute atomic E-state index is 0.862. The van der Waals surface area contributed by atoms with E-state index in [9.17, 15) is 0 Å². The lowest BCUT2D eigenvalue weighted by Gasteiger charge is -2.36. The molecule has 0 amide bonds. The largest absolute Gasteiger partial charge is 0.352 e. The Morgan fingerprint density at radius 3 is 2.44 bits per heavy atom. The van der Waals surface area contributed by atoms with Gasteiger partial charge >= 0.3 is 0 Å². The Hall–Kier alpha value is -2.81. The maximum absolute atomic E-state index is 4.52. The molecule has 0 atom stereocenters. The van der Waals surface area contributed by atoms with Crippen molar-refractivity contribution in [3.8, 4) is 0 Å². The summed E-state index contributed by atoms with van der Waals surface area (Å²) < 4.78 is 3.08. The van der Waals surface area contributed by atoms with Gasteiger partial charge in [0.1, 0.15) is 18.5 Å². The van der Waals surface area contributed by atoms with Crippen LogP contribution in [-0.2, 0) is 7.05 Å². The fourth-order valence-electron chi connectivity index (χ4n) is 3.30. The van der Waals surface area contributed by atoms with Crippen LogP contribution >= 0.6 is 11.3 Å². The fraction of sp³-hybridized carbons (Fsp3) is 0.312. The van der Waals surface area contributed by atoms with Crippen LogP contribution in [0.4, 0.5) is 11.6 Å². The van der Waals surface area contributed by atoms with E-state index in [-0.39, 0.29) is 0 Å². The number of anilines is 2. The number of aryl methyl sites for hydroxylation is 1. The van der Waals surface area contributed by atoms with E-state index in [1.807, 2.05) is 17.7 Å². The molecule has 0 unspecified atom stereocenters. The van der Waals surface area contributed by atoms with Crippen molar-refractivity contribution in [3.05, 3.63) is 30.4 Å². The summed E-state index contributed by atoms with van der Waals surface area (Å²) in [6.45, 7) is 3.53. The first-order valence-electron chi connectivity index (χ1n) is 8.11. The standard InChI is InChI=1S/C16H16N8S/c1-22-10-21-12-14(22)18-9-19-15(12)23-3-5-24(6-4-23)16-13-11(2-7-25-13)17-8-20-16/h2,7-10H,3-6H2,1H3. The number of imidazole rings is 1. The number of aromatic nitrogens is 6. The number of fused-ring (bicyclic) bond motifs is 2. The Morgan fingerprint density at radius 2 is 1.60 bits per heavy atom. The number of thiophene rings is 1. The van der Waals surface area contributed by atoms with Crippen LogP contribution < -0.4 is 9.80 Å². The summed E-state index contributed by atoms with van der Waals surface area (Å²) in [6.07, 6.45) is 5.05. The minimum atomic E-state index is 0.862. The predicted octanol–water partition coefficient (Wildman–Crippen LogP) is 1.69. The SMILES string of the molecule is Cn1cnc2c(N3CCN(c4ncnc5ccsc45)CC3)ncnc21. The number of rotatable bonds is 2. The van der Waals surface area contributed by atoms with Crippen LogP contribution in [0, 0.1) is 0 Å². The van der Waals surface area contributed by atoms with E-state index in [1.165, 1.54) is 0 Å². The Balaban J connectivity index is 1.42. The average molecular weight is 352 g/mol. The van der Waals surface area contributed by atoms with Crippen LogP contribution in [0.5, 0.6) is 0 Å². The van der Waals surface area contributed by atoms with Crippen LogP contribution in [0.25, 0.3) is 21.4 Å². The maximum atomic E-state index is 4.52. The van der Waals surface area contributed by atoms with Crippen molar-refractivity contribution in [2.75, 3.05) is 36.0 Å². The van der Waals surface area contributed by atoms with E-state index in [2.05, 4.69) is 40.1 Å². The molecule has 0 bridgehead atoms. The van der Waals surface area contributed by atoms with Gasteiger partial charge in [-0.2, -0.15) is 0 Å². The van der Waals surface area contributed by atoms with E-state index in [0.29, 0.717) is 0 Å². The molecule has 25 heavy (non-hydrogen) atoms. The van der Waals surface area contributed by atoms with Gasteiger partial charge in [0.05, 0.1) is 16.5 Å². The molecule has 1 aliphatic rings. The van der Waals surface area contributed by atoms with Crippen LogP contribution in [0.15, 0.2) is 30.4 Å². The van der Waals surface area contributed by atoms with E-state index in [0.717, 1.165) is 59.2 Å². The molecule has 0 spiro atoms. The van der Waals surface area contributed by atoms with Gasteiger partial charge in [-0.25, -0.2) is 24.9 Å². The highest BCUT2D eigenvalue weighted by atomic mass is 32.1. The summed E-state index contributed by atoms with van der Waals surface area (Å²) in [5.74, 6) is 1.94. The summed E-state index contributed by atoms with van der Waals surface area (Å²) in [5, 5.41) is 2.07. The lowest BCUT2D eigenvalue weighted by atomic mass is 10.3. The van der Waals surface area contributed by atoms with Crippen molar-refractivity contribution in [1.29, 1.82) is 0 Å². The second kappa shape index (κ2) is 5.62. The van der Waals surface area contributed by atoms with E-state index in [4.69, 9.17) is 0 Å². The first-order chi connectivity index (χ1) is 12.3. The van der Waals surface area contributed by atoms with Gasteiger partial charge in [0, 0.05) is 33.2 Å². The Labute approximate surface area is 147 Å². The van der Waals surface area contributed by atoms with Gasteiger partial charge in [0.25, 0.3) is 0 Å². The number of piperazine rings is 1. The quantitative estimate of drug-likeness (QED) is 0.543. The maximum Gasteiger partial charge on any atom is 0.165 e. The van der Waals surface area contributed by atoms with Crippen molar-refractivity contribution in [1.82, 2.24) is 29.5 Å². The molecule has 9 heteroatoms. The number of hydrogen-bond acceptors (Lipinski definition) is 8. The second-order valence-electron chi connectivity index (χ2n) is 6.03. The van der Waals surface area contributed by atoms with Crippen LogP contribution in [0.2, 0.25) is 0 Å². The Bertz CT molecular complexity index is 1050. The predicted molar refractivity (Wildman–Crippen MR) is 98.1 cm³/mol. The molecular weight excluding hydrogens is 336 g/mol. The third-order valence-electron chi connectivity index (χ3n) is 4.58. The highest BCUT2D eigenvalue weighted by molar-refractivity contribution is 7.17. The van der Waals surface area contributed by atoms with E-state index < -0.39 is 0 Å². The smallest absolute Gasteiger partial charge is 0.165 e. The van der Waals surface area contributed by atoms with Crippen molar-refractivity contribution in [2.45, 2.75) is 0 Å². The molecule has 0 N–H and O–H groups in total. The van der Waals surface area contributed by atoms with Crippen LogP contribution in [-0.4, -0.2) is 55.7 Å². The summed E-state index contributed by atoms with van der Waals surface area (Å²) in [6, 6.07) is 2.04. The monoisotopic (exact) mass is 352 g/mol. The van der Waals surface area contributed by atoms with Gasteiger partial charge in [-0.05, 0) is 11.4 Å². The minimum Gasteiger partial charge on any atom is -0.352 e. The molecule has 126 valence electrons. The topological polar surface area (TPSA) is 75.9 Å². The van der Waals surface area contributed by atoms with Gasteiger partial charge in [-0.1, -0.05) is 0 Å². The fourth-order valence-corrected chi connectivity index (χ4v) is 4.16. The normalized spacial score (nSPS) is 15.4. The van der Waals surface area contributed by atoms with Gasteiger partial charge < -0.3 is 14.4 Å². The number of nitrogens with zero attached hydrogens (tertiary/aromatic N) is 8. The number of hydrogen-bond donors (Lipinski definition) is 0. The molecule has 0 aliphatic carbocycles. The molecular formula is C16H16N8S. The summed E-state index contributed by atoms with van der Waals surface area (Å²) in [5.41, 5.74) is 2.74. The van der Waals surface area contributed by atoms with Gasteiger partial charge in [-0.3, -0.25) is 0 Å². The summed E-state index contributed by atoms with van der Waals surface area (Å²) in [4.78, 5) is 26.7. The first-order valence-corrected chi connectivity index (χ1v) is 8.99. The first kappa shape index (κ1) is 14.5. The molecule has 4 aromatic rings. The van der Waals surface area contributed by atoms with Crippen molar-refractivity contribution >= 4 is 44.4 Å². The van der Waals surface area contributed by atoms with Crippen molar-refractivity contribution < 1.29 is 0 Å². The third kappa shape index (κ3) is 2.30. The van der Waals surface area contributed by atoms with Crippen molar-refractivity contribution in [2.24, 2.45) is 7.05 Å². The average Bonchev–Trinajstić information content (AvgIpc) is 3.28. The molecule has 4 aromatic heterocycles. The van der Waals surface area contributed by atoms with Gasteiger partial charge in [-0.15, -0.1) is 11.3 Å². The lowest BCUT2D eigenvalue weighted by Crippen LogP contribution is -2.47. The summed E-state index contributed by atoms with van der Waals surface area (Å²) in [7, 11) is 1.95. The van der Waals surface area contributed by atoms with Gasteiger partial charge in [0.15, 0.2) is 17.0 Å².